The van der Waals surface area contributed by atoms with Crippen LogP contribution in [0.3, 0.4) is 0 Å². The average molecular weight is 296 g/mol. The quantitative estimate of drug-likeness (QED) is 0.770. The zero-order chi connectivity index (χ0) is 11.5. The SMILES string of the molecule is BrCc1ncoc1C12CC3CC(CC(C3)C1)C2. The van der Waals surface area contributed by atoms with Crippen LogP contribution < -0.4 is 0 Å². The minimum absolute atomic E-state index is 0.356. The van der Waals surface area contributed by atoms with Crippen molar-refractivity contribution in [3.63, 3.8) is 0 Å². The van der Waals surface area contributed by atoms with Gasteiger partial charge in [0.25, 0.3) is 0 Å². The van der Waals surface area contributed by atoms with Gasteiger partial charge in [0.05, 0.1) is 5.69 Å². The summed E-state index contributed by atoms with van der Waals surface area (Å²) >= 11 is 3.54. The van der Waals surface area contributed by atoms with E-state index in [1.165, 1.54) is 44.3 Å². The molecule has 4 aliphatic carbocycles. The minimum atomic E-state index is 0.356. The van der Waals surface area contributed by atoms with Crippen LogP contribution in [0, 0.1) is 17.8 Å². The van der Waals surface area contributed by atoms with E-state index < -0.39 is 0 Å². The first-order valence-corrected chi connectivity index (χ1v) is 7.90. The van der Waals surface area contributed by atoms with Gasteiger partial charge in [-0.3, -0.25) is 0 Å². The number of halogens is 1. The van der Waals surface area contributed by atoms with Crippen LogP contribution in [0.1, 0.15) is 50.0 Å². The van der Waals surface area contributed by atoms with Gasteiger partial charge in [0.2, 0.25) is 0 Å². The third-order valence-electron chi connectivity index (χ3n) is 5.29. The number of rotatable bonds is 2. The smallest absolute Gasteiger partial charge is 0.181 e. The molecule has 1 heterocycles. The van der Waals surface area contributed by atoms with Crippen LogP contribution >= 0.6 is 15.9 Å². The third-order valence-corrected chi connectivity index (χ3v) is 5.82. The van der Waals surface area contributed by atoms with E-state index >= 15 is 0 Å². The molecule has 5 rings (SSSR count). The Morgan fingerprint density at radius 2 is 1.76 bits per heavy atom. The summed E-state index contributed by atoms with van der Waals surface area (Å²) < 4.78 is 5.80. The van der Waals surface area contributed by atoms with Gasteiger partial charge in [-0.1, -0.05) is 15.9 Å². The number of alkyl halides is 1. The molecule has 0 atom stereocenters. The molecule has 0 aromatic carbocycles. The van der Waals surface area contributed by atoms with Crippen molar-refractivity contribution in [2.45, 2.75) is 49.3 Å². The van der Waals surface area contributed by atoms with Crippen molar-refractivity contribution >= 4 is 15.9 Å². The van der Waals surface area contributed by atoms with E-state index in [9.17, 15) is 0 Å². The van der Waals surface area contributed by atoms with Crippen molar-refractivity contribution in [1.29, 1.82) is 0 Å². The molecule has 4 aliphatic rings. The standard InChI is InChI=1S/C14H18BrNO/c15-7-12-13(17-8-16-12)14-4-9-1-10(5-14)3-11(2-9)6-14/h8-11H,1-7H2. The number of oxazole rings is 1. The Kier molecular flexibility index (Phi) is 2.24. The molecule has 0 aliphatic heterocycles. The topological polar surface area (TPSA) is 26.0 Å². The molecule has 0 spiro atoms. The fraction of sp³-hybridized carbons (Fsp3) is 0.786. The fourth-order valence-electron chi connectivity index (χ4n) is 5.18. The first-order valence-electron chi connectivity index (χ1n) is 6.78. The first-order chi connectivity index (χ1) is 8.29. The normalized spacial score (nSPS) is 43.2. The molecule has 4 fully saturated rings. The highest BCUT2D eigenvalue weighted by atomic mass is 79.9. The summed E-state index contributed by atoms with van der Waals surface area (Å²) in [6.07, 6.45) is 10.2. The lowest BCUT2D eigenvalue weighted by Gasteiger charge is -2.56. The van der Waals surface area contributed by atoms with Gasteiger partial charge in [0.1, 0.15) is 5.76 Å². The molecule has 3 heteroatoms. The molecule has 17 heavy (non-hydrogen) atoms. The van der Waals surface area contributed by atoms with Crippen molar-refractivity contribution in [3.8, 4) is 0 Å². The second kappa shape index (κ2) is 3.59. The summed E-state index contributed by atoms with van der Waals surface area (Å²) in [6.45, 7) is 0. The van der Waals surface area contributed by atoms with Gasteiger partial charge in [0, 0.05) is 10.7 Å². The molecule has 4 saturated carbocycles. The summed E-state index contributed by atoms with van der Waals surface area (Å²) in [5.41, 5.74) is 1.50. The second-order valence-electron chi connectivity index (χ2n) is 6.46. The Hall–Kier alpha value is -0.310. The Bertz CT molecular complexity index is 404. The van der Waals surface area contributed by atoms with Gasteiger partial charge in [-0.05, 0) is 56.3 Å². The minimum Gasteiger partial charge on any atom is -0.448 e. The van der Waals surface area contributed by atoms with E-state index in [-0.39, 0.29) is 0 Å². The van der Waals surface area contributed by atoms with Gasteiger partial charge in [-0.25, -0.2) is 4.98 Å². The van der Waals surface area contributed by atoms with E-state index in [4.69, 9.17) is 4.42 Å². The van der Waals surface area contributed by atoms with Gasteiger partial charge in [0.15, 0.2) is 6.39 Å². The van der Waals surface area contributed by atoms with E-state index in [0.717, 1.165) is 28.8 Å². The highest BCUT2D eigenvalue weighted by molar-refractivity contribution is 9.08. The lowest BCUT2D eigenvalue weighted by molar-refractivity contribution is -0.0155. The molecule has 0 unspecified atom stereocenters. The number of hydrogen-bond donors (Lipinski definition) is 0. The van der Waals surface area contributed by atoms with Gasteiger partial charge in [-0.2, -0.15) is 0 Å². The average Bonchev–Trinajstić information content (AvgIpc) is 2.75. The lowest BCUT2D eigenvalue weighted by atomic mass is 9.49. The molecule has 1 aromatic rings. The zero-order valence-electron chi connectivity index (χ0n) is 9.99. The third kappa shape index (κ3) is 1.47. The molecular formula is C14H18BrNO. The fourth-order valence-corrected chi connectivity index (χ4v) is 5.58. The van der Waals surface area contributed by atoms with Crippen molar-refractivity contribution in [2.75, 3.05) is 0 Å². The van der Waals surface area contributed by atoms with E-state index in [0.29, 0.717) is 5.41 Å². The van der Waals surface area contributed by atoms with E-state index in [1.54, 1.807) is 6.39 Å². The van der Waals surface area contributed by atoms with Gasteiger partial charge in [-0.15, -0.1) is 0 Å². The van der Waals surface area contributed by atoms with Crippen LogP contribution in [0.15, 0.2) is 10.8 Å². The van der Waals surface area contributed by atoms with Crippen LogP contribution in [-0.2, 0) is 10.7 Å². The number of nitrogens with zero attached hydrogens (tertiary/aromatic N) is 1. The van der Waals surface area contributed by atoms with Gasteiger partial charge < -0.3 is 4.42 Å². The Morgan fingerprint density at radius 3 is 2.29 bits per heavy atom. The maximum Gasteiger partial charge on any atom is 0.181 e. The van der Waals surface area contributed by atoms with Crippen molar-refractivity contribution in [1.82, 2.24) is 4.98 Å². The maximum absolute atomic E-state index is 5.80. The predicted octanol–water partition coefficient (Wildman–Crippen LogP) is 4.04. The van der Waals surface area contributed by atoms with Crippen LogP contribution in [0.5, 0.6) is 0 Å². The summed E-state index contributed by atoms with van der Waals surface area (Å²) in [4.78, 5) is 4.38. The Morgan fingerprint density at radius 1 is 1.18 bits per heavy atom. The van der Waals surface area contributed by atoms with Crippen LogP contribution in [0.4, 0.5) is 0 Å². The summed E-state index contributed by atoms with van der Waals surface area (Å²) in [5, 5.41) is 0.834. The maximum atomic E-state index is 5.80. The Labute approximate surface area is 110 Å². The molecule has 4 bridgehead atoms. The van der Waals surface area contributed by atoms with Crippen LogP contribution in [-0.4, -0.2) is 4.98 Å². The summed E-state index contributed by atoms with van der Waals surface area (Å²) in [7, 11) is 0. The van der Waals surface area contributed by atoms with E-state index in [2.05, 4.69) is 20.9 Å². The van der Waals surface area contributed by atoms with Crippen molar-refractivity contribution < 1.29 is 4.42 Å². The molecule has 92 valence electrons. The number of hydrogen-bond acceptors (Lipinski definition) is 2. The summed E-state index contributed by atoms with van der Waals surface area (Å²) in [6, 6.07) is 0. The largest absolute Gasteiger partial charge is 0.448 e. The first kappa shape index (κ1) is 10.6. The zero-order valence-corrected chi connectivity index (χ0v) is 11.6. The second-order valence-corrected chi connectivity index (χ2v) is 7.02. The highest BCUT2D eigenvalue weighted by Gasteiger charge is 2.53. The van der Waals surface area contributed by atoms with Crippen LogP contribution in [0.2, 0.25) is 0 Å². The molecule has 0 saturated heterocycles. The summed E-state index contributed by atoms with van der Waals surface area (Å²) in [5.74, 6) is 4.12. The Balaban J connectivity index is 1.77. The van der Waals surface area contributed by atoms with Crippen molar-refractivity contribution in [2.24, 2.45) is 17.8 Å². The van der Waals surface area contributed by atoms with Crippen molar-refractivity contribution in [3.05, 3.63) is 17.8 Å². The molecule has 0 N–H and O–H groups in total. The van der Waals surface area contributed by atoms with E-state index in [1.807, 2.05) is 0 Å². The lowest BCUT2D eigenvalue weighted by Crippen LogP contribution is -2.48. The molecular weight excluding hydrogens is 278 g/mol. The van der Waals surface area contributed by atoms with Gasteiger partial charge >= 0.3 is 0 Å². The predicted molar refractivity (Wildman–Crippen MR) is 69.0 cm³/mol. The highest BCUT2D eigenvalue weighted by Crippen LogP contribution is 2.61. The monoisotopic (exact) mass is 295 g/mol. The number of aromatic nitrogens is 1. The molecule has 1 aromatic heterocycles. The molecule has 2 nitrogen and oxygen atoms in total. The molecule has 0 radical (unpaired) electrons. The molecule has 0 amide bonds. The van der Waals surface area contributed by atoms with Crippen LogP contribution in [0.25, 0.3) is 0 Å².